The van der Waals surface area contributed by atoms with E-state index in [4.69, 9.17) is 4.74 Å². The van der Waals surface area contributed by atoms with Gasteiger partial charge < -0.3 is 4.74 Å². The first-order valence-corrected chi connectivity index (χ1v) is 9.03. The molecule has 0 spiro atoms. The summed E-state index contributed by atoms with van der Waals surface area (Å²) in [6.07, 6.45) is 1.50. The maximum atomic E-state index is 14.2. The number of benzene rings is 2. The van der Waals surface area contributed by atoms with Crippen molar-refractivity contribution in [3.05, 3.63) is 105 Å². The zero-order valence-corrected chi connectivity index (χ0v) is 15.7. The second-order valence-electron chi connectivity index (χ2n) is 6.57. The summed E-state index contributed by atoms with van der Waals surface area (Å²) in [6.45, 7) is 0.0715. The van der Waals surface area contributed by atoms with Crippen molar-refractivity contribution < 1.29 is 9.13 Å². The van der Waals surface area contributed by atoms with E-state index in [1.165, 1.54) is 16.8 Å². The van der Waals surface area contributed by atoms with E-state index in [9.17, 15) is 14.0 Å². The van der Waals surface area contributed by atoms with Gasteiger partial charge in [-0.2, -0.15) is 0 Å². The van der Waals surface area contributed by atoms with E-state index in [2.05, 4.69) is 4.98 Å². The van der Waals surface area contributed by atoms with Crippen LogP contribution in [0.1, 0.15) is 11.1 Å². The molecule has 0 saturated carbocycles. The molecule has 0 amide bonds. The fourth-order valence-electron chi connectivity index (χ4n) is 3.25. The van der Waals surface area contributed by atoms with Gasteiger partial charge in [0, 0.05) is 11.8 Å². The standard InChI is InChI=1S/C22H18FN3O3/c1-29-17-10-8-15(9-11-17)13-26-21(27)20-19(7-4-12-24-20)25(22(26)28)14-16-5-2-3-6-18(16)23/h2-12H,13-14H2,1H3. The van der Waals surface area contributed by atoms with Crippen molar-refractivity contribution in [3.63, 3.8) is 0 Å². The molecule has 2 aromatic heterocycles. The van der Waals surface area contributed by atoms with Gasteiger partial charge in [0.15, 0.2) is 5.52 Å². The smallest absolute Gasteiger partial charge is 0.332 e. The minimum absolute atomic E-state index is 0.00338. The van der Waals surface area contributed by atoms with Crippen LogP contribution in [0.25, 0.3) is 11.0 Å². The second-order valence-corrected chi connectivity index (χ2v) is 6.57. The SMILES string of the molecule is COc1ccc(Cn2c(=O)c3ncccc3n(Cc3ccccc3F)c2=O)cc1. The molecule has 4 rings (SSSR count). The van der Waals surface area contributed by atoms with E-state index in [1.54, 1.807) is 61.7 Å². The van der Waals surface area contributed by atoms with E-state index in [1.807, 2.05) is 0 Å². The van der Waals surface area contributed by atoms with Crippen molar-refractivity contribution in [1.82, 2.24) is 14.1 Å². The van der Waals surface area contributed by atoms with Crippen LogP contribution in [0.5, 0.6) is 5.75 Å². The van der Waals surface area contributed by atoms with E-state index in [0.717, 1.165) is 10.1 Å². The molecular weight excluding hydrogens is 373 g/mol. The van der Waals surface area contributed by atoms with Gasteiger partial charge in [-0.1, -0.05) is 30.3 Å². The normalized spacial score (nSPS) is 11.0. The monoisotopic (exact) mass is 391 g/mol. The van der Waals surface area contributed by atoms with Gasteiger partial charge in [-0.15, -0.1) is 0 Å². The van der Waals surface area contributed by atoms with Gasteiger partial charge in [-0.25, -0.2) is 14.2 Å². The first kappa shape index (κ1) is 18.6. The molecule has 2 aromatic carbocycles. The summed E-state index contributed by atoms with van der Waals surface area (Å²) in [7, 11) is 1.57. The summed E-state index contributed by atoms with van der Waals surface area (Å²) in [6, 6.07) is 16.6. The lowest BCUT2D eigenvalue weighted by atomic mass is 10.2. The average Bonchev–Trinajstić information content (AvgIpc) is 2.76. The fraction of sp³-hybridized carbons (Fsp3) is 0.136. The van der Waals surface area contributed by atoms with Crippen LogP contribution in [0.2, 0.25) is 0 Å². The van der Waals surface area contributed by atoms with Gasteiger partial charge in [-0.3, -0.25) is 13.9 Å². The third-order valence-corrected chi connectivity index (χ3v) is 4.77. The van der Waals surface area contributed by atoms with Crippen LogP contribution in [0.4, 0.5) is 4.39 Å². The quantitative estimate of drug-likeness (QED) is 0.525. The summed E-state index contributed by atoms with van der Waals surface area (Å²) >= 11 is 0. The Hall–Kier alpha value is -3.74. The van der Waals surface area contributed by atoms with Gasteiger partial charge in [0.1, 0.15) is 11.6 Å². The van der Waals surface area contributed by atoms with Crippen molar-refractivity contribution >= 4 is 11.0 Å². The highest BCUT2D eigenvalue weighted by molar-refractivity contribution is 5.73. The summed E-state index contributed by atoms with van der Waals surface area (Å²) in [5.41, 5.74) is 0.654. The zero-order valence-electron chi connectivity index (χ0n) is 15.7. The molecule has 0 fully saturated rings. The number of hydrogen-bond acceptors (Lipinski definition) is 4. The Morgan fingerprint density at radius 1 is 0.931 bits per heavy atom. The number of fused-ring (bicyclic) bond motifs is 1. The van der Waals surface area contributed by atoms with Gasteiger partial charge in [0.2, 0.25) is 0 Å². The second kappa shape index (κ2) is 7.71. The van der Waals surface area contributed by atoms with E-state index in [-0.39, 0.29) is 18.6 Å². The van der Waals surface area contributed by atoms with Gasteiger partial charge in [0.05, 0.1) is 25.7 Å². The minimum Gasteiger partial charge on any atom is -0.497 e. The Morgan fingerprint density at radius 2 is 1.69 bits per heavy atom. The summed E-state index contributed by atoms with van der Waals surface area (Å²) in [5, 5.41) is 0. The largest absolute Gasteiger partial charge is 0.497 e. The molecule has 29 heavy (non-hydrogen) atoms. The molecule has 0 radical (unpaired) electrons. The Kier molecular flexibility index (Phi) is 4.95. The Balaban J connectivity index is 1.87. The average molecular weight is 391 g/mol. The molecule has 0 atom stereocenters. The first-order chi connectivity index (χ1) is 14.1. The minimum atomic E-state index is -0.519. The topological polar surface area (TPSA) is 66.1 Å². The maximum absolute atomic E-state index is 14.2. The van der Waals surface area contributed by atoms with E-state index >= 15 is 0 Å². The number of rotatable bonds is 5. The lowest BCUT2D eigenvalue weighted by Gasteiger charge is -2.14. The number of ether oxygens (including phenoxy) is 1. The molecule has 146 valence electrons. The number of halogens is 1. The molecule has 7 heteroatoms. The third-order valence-electron chi connectivity index (χ3n) is 4.77. The number of hydrogen-bond donors (Lipinski definition) is 0. The zero-order chi connectivity index (χ0) is 20.4. The third kappa shape index (κ3) is 3.54. The van der Waals surface area contributed by atoms with Crippen LogP contribution in [0.3, 0.4) is 0 Å². The maximum Gasteiger partial charge on any atom is 0.332 e. The van der Waals surface area contributed by atoms with Crippen molar-refractivity contribution in [2.24, 2.45) is 0 Å². The van der Waals surface area contributed by atoms with Crippen LogP contribution in [-0.4, -0.2) is 21.2 Å². The van der Waals surface area contributed by atoms with Crippen molar-refractivity contribution in [3.8, 4) is 5.75 Å². The highest BCUT2D eigenvalue weighted by atomic mass is 19.1. The Morgan fingerprint density at radius 3 is 2.41 bits per heavy atom. The predicted octanol–water partition coefficient (Wildman–Crippen LogP) is 2.80. The molecule has 6 nitrogen and oxygen atoms in total. The predicted molar refractivity (Wildman–Crippen MR) is 108 cm³/mol. The lowest BCUT2D eigenvalue weighted by Crippen LogP contribution is -2.41. The Labute approximate surface area is 165 Å². The summed E-state index contributed by atoms with van der Waals surface area (Å²) in [4.78, 5) is 30.3. The van der Waals surface area contributed by atoms with Crippen molar-refractivity contribution in [2.75, 3.05) is 7.11 Å². The van der Waals surface area contributed by atoms with Gasteiger partial charge in [-0.05, 0) is 35.9 Å². The molecule has 0 saturated heterocycles. The van der Waals surface area contributed by atoms with Gasteiger partial charge >= 0.3 is 5.69 Å². The number of nitrogens with zero attached hydrogens (tertiary/aromatic N) is 3. The van der Waals surface area contributed by atoms with E-state index < -0.39 is 17.1 Å². The van der Waals surface area contributed by atoms with E-state index in [0.29, 0.717) is 16.8 Å². The summed E-state index contributed by atoms with van der Waals surface area (Å²) in [5.74, 6) is 0.266. The summed E-state index contributed by atoms with van der Waals surface area (Å²) < 4.78 is 21.8. The molecule has 0 N–H and O–H groups in total. The van der Waals surface area contributed by atoms with Crippen LogP contribution in [0, 0.1) is 5.82 Å². The highest BCUT2D eigenvalue weighted by Gasteiger charge is 2.15. The number of pyridine rings is 1. The molecule has 2 heterocycles. The Bertz CT molecular complexity index is 1290. The first-order valence-electron chi connectivity index (χ1n) is 9.03. The van der Waals surface area contributed by atoms with Crippen molar-refractivity contribution in [2.45, 2.75) is 13.1 Å². The van der Waals surface area contributed by atoms with Crippen LogP contribution < -0.4 is 16.0 Å². The molecule has 0 unspecified atom stereocenters. The fourth-order valence-corrected chi connectivity index (χ4v) is 3.25. The van der Waals surface area contributed by atoms with Gasteiger partial charge in [0.25, 0.3) is 5.56 Å². The molecule has 0 aliphatic heterocycles. The molecule has 0 aliphatic rings. The number of methoxy groups -OCH3 is 1. The lowest BCUT2D eigenvalue weighted by molar-refractivity contribution is 0.414. The van der Waals surface area contributed by atoms with Crippen LogP contribution >= 0.6 is 0 Å². The molecule has 4 aromatic rings. The van der Waals surface area contributed by atoms with Crippen LogP contribution in [0.15, 0.2) is 76.4 Å². The molecule has 0 aliphatic carbocycles. The number of aromatic nitrogens is 3. The highest BCUT2D eigenvalue weighted by Crippen LogP contribution is 2.13. The van der Waals surface area contributed by atoms with Crippen LogP contribution in [-0.2, 0) is 13.1 Å². The van der Waals surface area contributed by atoms with Crippen molar-refractivity contribution in [1.29, 1.82) is 0 Å². The molecular formula is C22H18FN3O3. The molecule has 0 bridgehead atoms.